The molecule has 8 heteroatoms. The van der Waals surface area contributed by atoms with E-state index >= 15 is 0 Å². The number of rotatable bonds is 5. The van der Waals surface area contributed by atoms with Crippen molar-refractivity contribution in [1.82, 2.24) is 4.72 Å². The van der Waals surface area contributed by atoms with Crippen LogP contribution in [0.2, 0.25) is 0 Å². The maximum absolute atomic E-state index is 13.3. The molecule has 19 heavy (non-hydrogen) atoms. The lowest BCUT2D eigenvalue weighted by Crippen LogP contribution is -2.44. The molecule has 0 unspecified atom stereocenters. The summed E-state index contributed by atoms with van der Waals surface area (Å²) >= 11 is 2.91. The van der Waals surface area contributed by atoms with Gasteiger partial charge >= 0.3 is 5.97 Å². The van der Waals surface area contributed by atoms with Crippen molar-refractivity contribution in [2.45, 2.75) is 24.8 Å². The lowest BCUT2D eigenvalue weighted by atomic mass is 10.1. The summed E-state index contributed by atoms with van der Waals surface area (Å²) in [6, 6.07) is 1.99. The molecule has 0 heterocycles. The van der Waals surface area contributed by atoms with Crippen LogP contribution in [0.15, 0.2) is 27.6 Å². The highest BCUT2D eigenvalue weighted by molar-refractivity contribution is 9.10. The third-order valence-corrected chi connectivity index (χ3v) is 4.50. The third kappa shape index (κ3) is 3.99. The number of sulfonamides is 1. The Kier molecular flexibility index (Phi) is 5.05. The summed E-state index contributed by atoms with van der Waals surface area (Å²) < 4.78 is 39.4. The minimum Gasteiger partial charge on any atom is -0.480 e. The van der Waals surface area contributed by atoms with Gasteiger partial charge < -0.3 is 5.11 Å². The van der Waals surface area contributed by atoms with Crippen molar-refractivity contribution in [3.8, 4) is 0 Å². The Labute approximate surface area is 119 Å². The first-order valence-corrected chi connectivity index (χ1v) is 7.63. The molecule has 1 atom stereocenters. The predicted molar refractivity (Wildman–Crippen MR) is 70.7 cm³/mol. The van der Waals surface area contributed by atoms with Crippen LogP contribution < -0.4 is 4.72 Å². The molecular weight excluding hydrogens is 341 g/mol. The van der Waals surface area contributed by atoms with Crippen LogP contribution >= 0.6 is 15.9 Å². The second-order valence-corrected chi connectivity index (χ2v) is 6.83. The molecule has 0 aromatic heterocycles. The number of carboxylic acids is 1. The quantitative estimate of drug-likeness (QED) is 0.847. The molecule has 1 rings (SSSR count). The summed E-state index contributed by atoms with van der Waals surface area (Å²) in [6.07, 6.45) is 0. The van der Waals surface area contributed by atoms with Crippen molar-refractivity contribution in [3.05, 3.63) is 28.5 Å². The highest BCUT2D eigenvalue weighted by Crippen LogP contribution is 2.20. The molecule has 2 N–H and O–H groups in total. The molecule has 0 saturated carbocycles. The zero-order valence-electron chi connectivity index (χ0n) is 10.2. The van der Waals surface area contributed by atoms with E-state index in [1.165, 1.54) is 12.1 Å². The predicted octanol–water partition coefficient (Wildman–Crippen LogP) is 1.98. The van der Waals surface area contributed by atoms with E-state index in [-0.39, 0.29) is 9.37 Å². The lowest BCUT2D eigenvalue weighted by molar-refractivity contribution is -0.140. The summed E-state index contributed by atoms with van der Waals surface area (Å²) in [6.45, 7) is 3.15. The smallest absolute Gasteiger partial charge is 0.322 e. The Morgan fingerprint density at radius 1 is 1.42 bits per heavy atom. The maximum atomic E-state index is 13.3. The zero-order valence-corrected chi connectivity index (χ0v) is 12.6. The number of nitrogens with one attached hydrogen (secondary N) is 1. The van der Waals surface area contributed by atoms with E-state index in [4.69, 9.17) is 5.11 Å². The number of hydrogen-bond donors (Lipinski definition) is 2. The maximum Gasteiger partial charge on any atom is 0.322 e. The van der Waals surface area contributed by atoms with E-state index < -0.39 is 33.8 Å². The van der Waals surface area contributed by atoms with Crippen molar-refractivity contribution in [3.63, 3.8) is 0 Å². The highest BCUT2D eigenvalue weighted by Gasteiger charge is 2.28. The molecule has 0 amide bonds. The van der Waals surface area contributed by atoms with Gasteiger partial charge in [0, 0.05) is 0 Å². The Morgan fingerprint density at radius 2 is 2.00 bits per heavy atom. The van der Waals surface area contributed by atoms with Gasteiger partial charge in [-0.3, -0.25) is 4.79 Å². The van der Waals surface area contributed by atoms with E-state index in [2.05, 4.69) is 15.9 Å². The van der Waals surface area contributed by atoms with Gasteiger partial charge in [0.25, 0.3) is 0 Å². The van der Waals surface area contributed by atoms with Gasteiger partial charge in [0.2, 0.25) is 10.0 Å². The molecule has 5 nitrogen and oxygen atoms in total. The van der Waals surface area contributed by atoms with Crippen molar-refractivity contribution in [1.29, 1.82) is 0 Å². The van der Waals surface area contributed by atoms with Gasteiger partial charge in [-0.1, -0.05) is 13.8 Å². The van der Waals surface area contributed by atoms with Crippen molar-refractivity contribution >= 4 is 31.9 Å². The summed E-state index contributed by atoms with van der Waals surface area (Å²) in [7, 11) is -4.08. The Morgan fingerprint density at radius 3 is 2.42 bits per heavy atom. The van der Waals surface area contributed by atoms with Gasteiger partial charge in [-0.25, -0.2) is 12.8 Å². The zero-order chi connectivity index (χ0) is 14.8. The van der Waals surface area contributed by atoms with Gasteiger partial charge in [0.1, 0.15) is 11.9 Å². The first-order valence-electron chi connectivity index (χ1n) is 5.35. The second-order valence-electron chi connectivity index (χ2n) is 4.26. The number of hydrogen-bond acceptors (Lipinski definition) is 3. The Balaban J connectivity index is 3.10. The van der Waals surface area contributed by atoms with Gasteiger partial charge in [-0.15, -0.1) is 0 Å². The van der Waals surface area contributed by atoms with Gasteiger partial charge in [0.05, 0.1) is 9.37 Å². The Bertz CT molecular complexity index is 588. The van der Waals surface area contributed by atoms with Gasteiger partial charge in [-0.2, -0.15) is 4.72 Å². The number of carbonyl (C=O) groups is 1. The normalized spacial score (nSPS) is 13.5. The summed E-state index contributed by atoms with van der Waals surface area (Å²) in [4.78, 5) is 10.6. The number of halogens is 2. The van der Waals surface area contributed by atoms with Crippen molar-refractivity contribution in [2.75, 3.05) is 0 Å². The van der Waals surface area contributed by atoms with Crippen LogP contribution in [-0.2, 0) is 14.8 Å². The summed E-state index contributed by atoms with van der Waals surface area (Å²) in [5, 5.41) is 8.94. The fraction of sp³-hybridized carbons (Fsp3) is 0.364. The number of carboxylic acid groups (broad SMARTS) is 1. The van der Waals surface area contributed by atoms with E-state index in [0.717, 1.165) is 6.07 Å². The number of aliphatic carboxylic acids is 1. The van der Waals surface area contributed by atoms with E-state index in [9.17, 15) is 17.6 Å². The van der Waals surface area contributed by atoms with E-state index in [1.54, 1.807) is 13.8 Å². The molecule has 0 aliphatic carbocycles. The molecule has 0 aliphatic heterocycles. The minimum atomic E-state index is -4.08. The molecule has 0 saturated heterocycles. The average Bonchev–Trinajstić information content (AvgIpc) is 2.28. The fourth-order valence-corrected chi connectivity index (χ4v) is 2.95. The lowest BCUT2D eigenvalue weighted by Gasteiger charge is -2.18. The molecular formula is C11H13BrFNO4S. The monoisotopic (exact) mass is 353 g/mol. The summed E-state index contributed by atoms with van der Waals surface area (Å²) in [5.74, 6) is -2.46. The van der Waals surface area contributed by atoms with Crippen LogP contribution in [0.1, 0.15) is 13.8 Å². The molecule has 0 fully saturated rings. The molecule has 0 spiro atoms. The third-order valence-electron chi connectivity index (χ3n) is 2.42. The summed E-state index contributed by atoms with van der Waals surface area (Å²) in [5.41, 5.74) is 0. The molecule has 0 bridgehead atoms. The first kappa shape index (κ1) is 16.1. The van der Waals surface area contributed by atoms with Crippen LogP contribution in [0.3, 0.4) is 0 Å². The van der Waals surface area contributed by atoms with Crippen molar-refractivity contribution < 1.29 is 22.7 Å². The average molecular weight is 354 g/mol. The second kappa shape index (κ2) is 5.98. The van der Waals surface area contributed by atoms with Crippen LogP contribution in [0.4, 0.5) is 4.39 Å². The topological polar surface area (TPSA) is 83.5 Å². The first-order chi connectivity index (χ1) is 8.65. The fourth-order valence-electron chi connectivity index (χ4n) is 1.35. The molecule has 0 radical (unpaired) electrons. The van der Waals surface area contributed by atoms with Crippen molar-refractivity contribution in [2.24, 2.45) is 5.92 Å². The number of benzene rings is 1. The standard InChI is InChI=1S/C11H13BrFNO4S/c1-6(2)10(11(15)16)14-19(17,18)7-3-4-8(12)9(13)5-7/h3-6,10,14H,1-2H3,(H,15,16)/t10-/m1/s1. The van der Waals surface area contributed by atoms with Crippen LogP contribution in [0.5, 0.6) is 0 Å². The van der Waals surface area contributed by atoms with Crippen LogP contribution in [0.25, 0.3) is 0 Å². The molecule has 0 aliphatic rings. The molecule has 1 aromatic carbocycles. The highest BCUT2D eigenvalue weighted by atomic mass is 79.9. The minimum absolute atomic E-state index is 0.130. The van der Waals surface area contributed by atoms with E-state index in [0.29, 0.717) is 0 Å². The van der Waals surface area contributed by atoms with Crippen LogP contribution in [-0.4, -0.2) is 25.5 Å². The molecule has 1 aromatic rings. The largest absolute Gasteiger partial charge is 0.480 e. The molecule has 106 valence electrons. The van der Waals surface area contributed by atoms with Gasteiger partial charge in [0.15, 0.2) is 0 Å². The SMILES string of the molecule is CC(C)[C@@H](NS(=O)(=O)c1ccc(Br)c(F)c1)C(=O)O. The van der Waals surface area contributed by atoms with Crippen LogP contribution in [0, 0.1) is 11.7 Å². The van der Waals surface area contributed by atoms with E-state index in [1.807, 2.05) is 4.72 Å². The van der Waals surface area contributed by atoms with Gasteiger partial charge in [-0.05, 0) is 40.0 Å². The Hall–Kier alpha value is -0.990.